The number of para-hydroxylation sites is 1. The van der Waals surface area contributed by atoms with Gasteiger partial charge in [-0.05, 0) is 37.3 Å². The molecule has 160 valence electrons. The first-order valence-electron chi connectivity index (χ1n) is 10.3. The predicted molar refractivity (Wildman–Crippen MR) is 112 cm³/mol. The van der Waals surface area contributed by atoms with Crippen molar-refractivity contribution >= 4 is 23.5 Å². The molecule has 1 saturated carbocycles. The fourth-order valence-electron chi connectivity index (χ4n) is 5.14. The predicted octanol–water partition coefficient (Wildman–Crippen LogP) is 1.37. The number of carbonyl (C=O) groups is 3. The van der Waals surface area contributed by atoms with Crippen molar-refractivity contribution in [3.05, 3.63) is 58.5 Å². The summed E-state index contributed by atoms with van der Waals surface area (Å²) in [7, 11) is 1.73. The van der Waals surface area contributed by atoms with E-state index in [-0.39, 0.29) is 53.4 Å². The van der Waals surface area contributed by atoms with E-state index in [1.165, 1.54) is 4.68 Å². The number of hydrogen-bond acceptors (Lipinski definition) is 4. The van der Waals surface area contributed by atoms with E-state index in [4.69, 9.17) is 0 Å². The standard InChI is InChI=1S/C22H23N5O4/c1-12-18(21(30)27(25(12)2)15-6-4-3-5-7-15)24-22(31)23-11-26-19(28)16-13-8-9-14(10-13)17(16)20(26)29/h3-9,13-14,16-17H,10-11H2,1-2H3,(H2,23,24,31)/t13-,14-,16+,17+/m0/s1. The molecule has 1 aromatic heterocycles. The Morgan fingerprint density at radius 1 is 1.03 bits per heavy atom. The molecule has 9 nitrogen and oxygen atoms in total. The molecule has 2 aromatic rings. The van der Waals surface area contributed by atoms with Crippen molar-refractivity contribution in [3.63, 3.8) is 0 Å². The summed E-state index contributed by atoms with van der Waals surface area (Å²) < 4.78 is 3.12. The van der Waals surface area contributed by atoms with Crippen LogP contribution in [0.2, 0.25) is 0 Å². The Morgan fingerprint density at radius 2 is 1.65 bits per heavy atom. The summed E-state index contributed by atoms with van der Waals surface area (Å²) in [5.41, 5.74) is 1.03. The largest absolute Gasteiger partial charge is 0.320 e. The summed E-state index contributed by atoms with van der Waals surface area (Å²) in [5.74, 6) is -0.824. The lowest BCUT2D eigenvalue weighted by atomic mass is 9.85. The molecule has 4 amide bonds. The fraction of sp³-hybridized carbons (Fsp3) is 0.364. The number of rotatable bonds is 4. The first-order chi connectivity index (χ1) is 14.9. The van der Waals surface area contributed by atoms with E-state index in [0.29, 0.717) is 11.4 Å². The normalized spacial score (nSPS) is 25.9. The van der Waals surface area contributed by atoms with E-state index in [1.54, 1.807) is 30.8 Å². The molecule has 9 heteroatoms. The van der Waals surface area contributed by atoms with Gasteiger partial charge in [0.1, 0.15) is 12.4 Å². The molecule has 2 bridgehead atoms. The Hall–Kier alpha value is -3.62. The third-order valence-electron chi connectivity index (χ3n) is 6.75. The minimum atomic E-state index is -0.648. The molecule has 31 heavy (non-hydrogen) atoms. The van der Waals surface area contributed by atoms with E-state index in [9.17, 15) is 19.2 Å². The van der Waals surface area contributed by atoms with E-state index in [0.717, 1.165) is 11.3 Å². The first kappa shape index (κ1) is 19.3. The Balaban J connectivity index is 1.29. The summed E-state index contributed by atoms with van der Waals surface area (Å²) in [6, 6.07) is 8.45. The van der Waals surface area contributed by atoms with Gasteiger partial charge in [0.2, 0.25) is 11.8 Å². The van der Waals surface area contributed by atoms with Gasteiger partial charge in [-0.1, -0.05) is 30.4 Å². The van der Waals surface area contributed by atoms with Crippen molar-refractivity contribution in [2.24, 2.45) is 30.7 Å². The number of imide groups is 1. The van der Waals surface area contributed by atoms with E-state index >= 15 is 0 Å². The van der Waals surface area contributed by atoms with Gasteiger partial charge < -0.3 is 10.6 Å². The summed E-state index contributed by atoms with van der Waals surface area (Å²) in [5, 5.41) is 5.13. The van der Waals surface area contributed by atoms with Crippen LogP contribution in [0, 0.1) is 30.6 Å². The Labute approximate surface area is 178 Å². The second-order valence-electron chi connectivity index (χ2n) is 8.33. The smallest absolute Gasteiger partial charge is 0.320 e. The number of carbonyl (C=O) groups excluding carboxylic acids is 3. The topological polar surface area (TPSA) is 105 Å². The molecule has 0 unspecified atom stereocenters. The van der Waals surface area contributed by atoms with Crippen LogP contribution in [0.4, 0.5) is 10.5 Å². The molecule has 3 aliphatic rings. The lowest BCUT2D eigenvalue weighted by Gasteiger charge is -2.17. The highest BCUT2D eigenvalue weighted by Crippen LogP contribution is 2.52. The van der Waals surface area contributed by atoms with Crippen molar-refractivity contribution in [1.82, 2.24) is 19.6 Å². The molecule has 1 aromatic carbocycles. The Kier molecular flexibility index (Phi) is 4.35. The fourth-order valence-corrected chi connectivity index (χ4v) is 5.14. The van der Waals surface area contributed by atoms with Gasteiger partial charge in [-0.25, -0.2) is 9.48 Å². The summed E-state index contributed by atoms with van der Waals surface area (Å²) in [6.07, 6.45) is 4.91. The molecule has 2 N–H and O–H groups in total. The summed E-state index contributed by atoms with van der Waals surface area (Å²) in [4.78, 5) is 51.9. The second kappa shape index (κ2) is 6.97. The summed E-state index contributed by atoms with van der Waals surface area (Å²) in [6.45, 7) is 1.52. The molecule has 0 spiro atoms. The van der Waals surface area contributed by atoms with Crippen LogP contribution >= 0.6 is 0 Å². The molecule has 1 aliphatic heterocycles. The second-order valence-corrected chi connectivity index (χ2v) is 8.33. The highest BCUT2D eigenvalue weighted by atomic mass is 16.2. The molecule has 2 heterocycles. The quantitative estimate of drug-likeness (QED) is 0.575. The number of benzene rings is 1. The van der Waals surface area contributed by atoms with Crippen LogP contribution in [0.15, 0.2) is 47.3 Å². The van der Waals surface area contributed by atoms with Crippen molar-refractivity contribution in [3.8, 4) is 5.69 Å². The van der Waals surface area contributed by atoms with Crippen LogP contribution in [0.5, 0.6) is 0 Å². The average molecular weight is 421 g/mol. The molecule has 0 radical (unpaired) electrons. The molecule has 1 saturated heterocycles. The third-order valence-corrected chi connectivity index (χ3v) is 6.75. The maximum Gasteiger partial charge on any atom is 0.320 e. The van der Waals surface area contributed by atoms with Gasteiger partial charge in [0.05, 0.1) is 23.2 Å². The van der Waals surface area contributed by atoms with Gasteiger partial charge in [-0.2, -0.15) is 0 Å². The average Bonchev–Trinajstić information content (AvgIpc) is 3.48. The van der Waals surface area contributed by atoms with Crippen LogP contribution in [0.3, 0.4) is 0 Å². The zero-order chi connectivity index (χ0) is 21.9. The maximum absolute atomic E-state index is 12.9. The number of fused-ring (bicyclic) bond motifs is 5. The van der Waals surface area contributed by atoms with Crippen molar-refractivity contribution in [2.45, 2.75) is 13.3 Å². The minimum Gasteiger partial charge on any atom is -0.320 e. The Bertz CT molecular complexity index is 1150. The molecular formula is C22H23N5O4. The van der Waals surface area contributed by atoms with E-state index in [2.05, 4.69) is 10.6 Å². The van der Waals surface area contributed by atoms with E-state index < -0.39 is 6.03 Å². The van der Waals surface area contributed by atoms with Crippen LogP contribution in [0.25, 0.3) is 5.69 Å². The van der Waals surface area contributed by atoms with Crippen LogP contribution < -0.4 is 16.2 Å². The lowest BCUT2D eigenvalue weighted by molar-refractivity contribution is -0.140. The van der Waals surface area contributed by atoms with Gasteiger partial charge in [0, 0.05) is 7.05 Å². The van der Waals surface area contributed by atoms with Gasteiger partial charge in [-0.15, -0.1) is 0 Å². The Morgan fingerprint density at radius 3 is 2.26 bits per heavy atom. The number of hydrogen-bond donors (Lipinski definition) is 2. The number of anilines is 1. The van der Waals surface area contributed by atoms with Gasteiger partial charge in [-0.3, -0.25) is 24.0 Å². The van der Waals surface area contributed by atoms with Gasteiger partial charge in [0.15, 0.2) is 0 Å². The monoisotopic (exact) mass is 421 g/mol. The third kappa shape index (κ3) is 2.83. The summed E-state index contributed by atoms with van der Waals surface area (Å²) >= 11 is 0. The van der Waals surface area contributed by atoms with Crippen molar-refractivity contribution < 1.29 is 14.4 Å². The number of nitrogens with zero attached hydrogens (tertiary/aromatic N) is 3. The van der Waals surface area contributed by atoms with E-state index in [1.807, 2.05) is 30.4 Å². The zero-order valence-electron chi connectivity index (χ0n) is 17.2. The number of allylic oxidation sites excluding steroid dienone is 2. The number of nitrogens with one attached hydrogen (secondary N) is 2. The van der Waals surface area contributed by atoms with Crippen molar-refractivity contribution in [2.75, 3.05) is 12.0 Å². The highest BCUT2D eigenvalue weighted by Gasteiger charge is 2.59. The first-order valence-corrected chi connectivity index (χ1v) is 10.3. The lowest BCUT2D eigenvalue weighted by Crippen LogP contribution is -2.44. The number of likely N-dealkylation sites (tertiary alicyclic amines) is 1. The number of aromatic nitrogens is 2. The zero-order valence-corrected chi connectivity index (χ0v) is 17.2. The molecule has 5 rings (SSSR count). The highest BCUT2D eigenvalue weighted by molar-refractivity contribution is 6.06. The molecular weight excluding hydrogens is 398 g/mol. The maximum atomic E-state index is 12.9. The van der Waals surface area contributed by atoms with Crippen LogP contribution in [0.1, 0.15) is 12.1 Å². The number of amides is 4. The van der Waals surface area contributed by atoms with Crippen molar-refractivity contribution in [1.29, 1.82) is 0 Å². The minimum absolute atomic E-state index is 0.119. The van der Waals surface area contributed by atoms with Gasteiger partial charge in [0.25, 0.3) is 5.56 Å². The SMILES string of the molecule is Cc1c(NC(=O)NCN2C(=O)[C@H]3[C@H](C2=O)[C@H]2C=C[C@H]3C2)c(=O)n(-c2ccccc2)n1C. The van der Waals surface area contributed by atoms with Gasteiger partial charge >= 0.3 is 6.03 Å². The molecule has 2 fully saturated rings. The van der Waals surface area contributed by atoms with Crippen LogP contribution in [-0.4, -0.2) is 38.8 Å². The molecule has 4 atom stereocenters. The number of urea groups is 1. The molecule has 2 aliphatic carbocycles. The van der Waals surface area contributed by atoms with Crippen LogP contribution in [-0.2, 0) is 16.6 Å².